The molecule has 0 amide bonds. The van der Waals surface area contributed by atoms with Gasteiger partial charge in [0.05, 0.1) is 10.6 Å². The average Bonchev–Trinajstić information content (AvgIpc) is 2.30. The second-order valence-corrected chi connectivity index (χ2v) is 3.43. The maximum atomic E-state index is 9.00. The molecule has 0 saturated carbocycles. The number of pyridine rings is 1. The van der Waals surface area contributed by atoms with E-state index in [0.717, 1.165) is 11.1 Å². The van der Waals surface area contributed by atoms with Crippen LogP contribution in [0.5, 0.6) is 0 Å². The predicted molar refractivity (Wildman–Crippen MR) is 59.4 cm³/mol. The number of hydrogen-bond acceptors (Lipinski definition) is 2. The first-order chi connectivity index (χ1) is 7.33. The van der Waals surface area contributed by atoms with Crippen LogP contribution in [-0.4, -0.2) is 4.98 Å². The normalized spacial score (nSPS) is 9.60. The zero-order chi connectivity index (χ0) is 10.7. The van der Waals surface area contributed by atoms with Crippen LogP contribution >= 0.6 is 11.6 Å². The first kappa shape index (κ1) is 9.70. The quantitative estimate of drug-likeness (QED) is 0.731. The Morgan fingerprint density at radius 1 is 1.13 bits per heavy atom. The summed E-state index contributed by atoms with van der Waals surface area (Å²) in [5.41, 5.74) is 2.19. The van der Waals surface area contributed by atoms with Crippen LogP contribution in [0.2, 0.25) is 5.02 Å². The van der Waals surface area contributed by atoms with Crippen LogP contribution in [0.3, 0.4) is 0 Å². The minimum Gasteiger partial charge on any atom is -0.262 e. The van der Waals surface area contributed by atoms with Crippen molar-refractivity contribution in [2.75, 3.05) is 0 Å². The maximum Gasteiger partial charge on any atom is 0.101 e. The summed E-state index contributed by atoms with van der Waals surface area (Å²) in [7, 11) is 0. The fraction of sp³-hybridized carbons (Fsp3) is 0. The van der Waals surface area contributed by atoms with Crippen molar-refractivity contribution >= 4 is 11.6 Å². The van der Waals surface area contributed by atoms with E-state index in [-0.39, 0.29) is 0 Å². The molecule has 0 aliphatic carbocycles. The highest BCUT2D eigenvalue weighted by Gasteiger charge is 2.08. The van der Waals surface area contributed by atoms with Crippen LogP contribution in [0.15, 0.2) is 42.7 Å². The smallest absolute Gasteiger partial charge is 0.101 e. The third-order valence-corrected chi connectivity index (χ3v) is 2.38. The van der Waals surface area contributed by atoms with Crippen molar-refractivity contribution in [3.63, 3.8) is 0 Å². The molecule has 0 bridgehead atoms. The van der Waals surface area contributed by atoms with E-state index in [9.17, 15) is 0 Å². The molecule has 0 aliphatic rings. The van der Waals surface area contributed by atoms with Crippen LogP contribution in [0.4, 0.5) is 0 Å². The summed E-state index contributed by atoms with van der Waals surface area (Å²) in [5.74, 6) is 0. The zero-order valence-corrected chi connectivity index (χ0v) is 8.57. The minimum atomic E-state index is 0.388. The van der Waals surface area contributed by atoms with Crippen molar-refractivity contribution in [1.29, 1.82) is 5.26 Å². The number of aromatic nitrogens is 1. The van der Waals surface area contributed by atoms with E-state index in [1.807, 2.05) is 30.3 Å². The van der Waals surface area contributed by atoms with Gasteiger partial charge >= 0.3 is 0 Å². The summed E-state index contributed by atoms with van der Waals surface area (Å²) < 4.78 is 0. The van der Waals surface area contributed by atoms with Crippen LogP contribution < -0.4 is 0 Å². The molecule has 2 aromatic rings. The van der Waals surface area contributed by atoms with E-state index >= 15 is 0 Å². The van der Waals surface area contributed by atoms with Gasteiger partial charge in [-0.25, -0.2) is 0 Å². The van der Waals surface area contributed by atoms with Gasteiger partial charge in [0.25, 0.3) is 0 Å². The maximum absolute atomic E-state index is 9.00. The molecule has 0 radical (unpaired) electrons. The Bertz CT molecular complexity index is 515. The number of rotatable bonds is 1. The van der Waals surface area contributed by atoms with E-state index in [2.05, 4.69) is 11.1 Å². The summed E-state index contributed by atoms with van der Waals surface area (Å²) in [6, 6.07) is 11.7. The molecule has 2 nitrogen and oxygen atoms in total. The molecular weight excluding hydrogens is 208 g/mol. The van der Waals surface area contributed by atoms with Gasteiger partial charge in [-0.2, -0.15) is 5.26 Å². The summed E-state index contributed by atoms with van der Waals surface area (Å²) in [4.78, 5) is 3.99. The van der Waals surface area contributed by atoms with Crippen molar-refractivity contribution in [2.45, 2.75) is 0 Å². The Balaban J connectivity index is 2.65. The predicted octanol–water partition coefficient (Wildman–Crippen LogP) is 3.27. The monoisotopic (exact) mass is 214 g/mol. The molecule has 3 heteroatoms. The van der Waals surface area contributed by atoms with Gasteiger partial charge in [-0.15, -0.1) is 0 Å². The number of halogens is 1. The second kappa shape index (κ2) is 4.12. The van der Waals surface area contributed by atoms with Gasteiger partial charge in [0.1, 0.15) is 6.07 Å². The van der Waals surface area contributed by atoms with Crippen molar-refractivity contribution in [3.8, 4) is 17.2 Å². The van der Waals surface area contributed by atoms with Crippen LogP contribution in [0.25, 0.3) is 11.1 Å². The number of hydrogen-bond donors (Lipinski definition) is 0. The molecule has 0 saturated heterocycles. The first-order valence-electron chi connectivity index (χ1n) is 4.42. The van der Waals surface area contributed by atoms with Crippen molar-refractivity contribution in [3.05, 3.63) is 53.3 Å². The van der Waals surface area contributed by atoms with Gasteiger partial charge in [-0.1, -0.05) is 41.9 Å². The summed E-state index contributed by atoms with van der Waals surface area (Å²) in [5, 5.41) is 9.39. The molecule has 2 rings (SSSR count). The third kappa shape index (κ3) is 1.83. The van der Waals surface area contributed by atoms with E-state index in [4.69, 9.17) is 16.9 Å². The Hall–Kier alpha value is -1.85. The molecule has 0 N–H and O–H groups in total. The molecule has 0 aliphatic heterocycles. The van der Waals surface area contributed by atoms with Gasteiger partial charge in [-0.3, -0.25) is 4.98 Å². The molecule has 1 aromatic heterocycles. The highest BCUT2D eigenvalue weighted by atomic mass is 35.5. The average molecular weight is 215 g/mol. The fourth-order valence-corrected chi connectivity index (χ4v) is 1.59. The van der Waals surface area contributed by atoms with E-state index < -0.39 is 0 Å². The second-order valence-electron chi connectivity index (χ2n) is 3.02. The van der Waals surface area contributed by atoms with Gasteiger partial charge in [-0.05, 0) is 5.56 Å². The molecule has 15 heavy (non-hydrogen) atoms. The number of nitrogens with zero attached hydrogens (tertiary/aromatic N) is 2. The topological polar surface area (TPSA) is 36.7 Å². The highest BCUT2D eigenvalue weighted by molar-refractivity contribution is 6.32. The Morgan fingerprint density at radius 3 is 2.53 bits per heavy atom. The van der Waals surface area contributed by atoms with Crippen molar-refractivity contribution in [2.24, 2.45) is 0 Å². The number of nitriles is 1. The molecule has 72 valence electrons. The van der Waals surface area contributed by atoms with Crippen molar-refractivity contribution in [1.82, 2.24) is 4.98 Å². The number of benzene rings is 1. The van der Waals surface area contributed by atoms with E-state index in [1.54, 1.807) is 6.20 Å². The van der Waals surface area contributed by atoms with Gasteiger partial charge in [0.2, 0.25) is 0 Å². The molecule has 0 spiro atoms. The summed E-state index contributed by atoms with van der Waals surface area (Å²) in [6.45, 7) is 0. The van der Waals surface area contributed by atoms with Gasteiger partial charge in [0.15, 0.2) is 0 Å². The van der Waals surface area contributed by atoms with Gasteiger partial charge in [0, 0.05) is 18.0 Å². The summed E-state index contributed by atoms with van der Waals surface area (Å²) >= 11 is 5.89. The molecule has 0 fully saturated rings. The fourth-order valence-electron chi connectivity index (χ4n) is 1.39. The molecule has 0 atom stereocenters. The van der Waals surface area contributed by atoms with Gasteiger partial charge < -0.3 is 0 Å². The first-order valence-corrected chi connectivity index (χ1v) is 4.79. The molecule has 0 unspecified atom stereocenters. The lowest BCUT2D eigenvalue weighted by atomic mass is 10.0. The third-order valence-electron chi connectivity index (χ3n) is 2.10. The lowest BCUT2D eigenvalue weighted by molar-refractivity contribution is 1.31. The Kier molecular flexibility index (Phi) is 2.66. The lowest BCUT2D eigenvalue weighted by Gasteiger charge is -2.03. The SMILES string of the molecule is N#Cc1c(Cl)cncc1-c1ccccc1. The molecular formula is C12H7ClN2. The molecule has 1 heterocycles. The Morgan fingerprint density at radius 2 is 1.87 bits per heavy atom. The van der Waals surface area contributed by atoms with Crippen LogP contribution in [0.1, 0.15) is 5.56 Å². The van der Waals surface area contributed by atoms with E-state index in [0.29, 0.717) is 10.6 Å². The highest BCUT2D eigenvalue weighted by Crippen LogP contribution is 2.26. The largest absolute Gasteiger partial charge is 0.262 e. The van der Waals surface area contributed by atoms with Crippen molar-refractivity contribution < 1.29 is 0 Å². The van der Waals surface area contributed by atoms with Crippen LogP contribution in [-0.2, 0) is 0 Å². The summed E-state index contributed by atoms with van der Waals surface area (Å²) in [6.07, 6.45) is 3.13. The Labute approximate surface area is 92.8 Å². The zero-order valence-electron chi connectivity index (χ0n) is 7.81. The van der Waals surface area contributed by atoms with Crippen LogP contribution in [0, 0.1) is 11.3 Å². The lowest BCUT2D eigenvalue weighted by Crippen LogP contribution is -1.87. The molecule has 1 aromatic carbocycles. The standard InChI is InChI=1S/C12H7ClN2/c13-12-8-15-7-11(10(12)6-14)9-4-2-1-3-5-9/h1-5,7-8H. The minimum absolute atomic E-state index is 0.388. The van der Waals surface area contributed by atoms with E-state index in [1.165, 1.54) is 6.20 Å².